The van der Waals surface area contributed by atoms with Crippen molar-refractivity contribution in [3.8, 4) is 0 Å². The third-order valence-corrected chi connectivity index (χ3v) is 5.27. The minimum Gasteiger partial charge on any atom is -0.376 e. The largest absolute Gasteiger partial charge is 0.376 e. The summed E-state index contributed by atoms with van der Waals surface area (Å²) in [6.07, 6.45) is 7.60. The Morgan fingerprint density at radius 2 is 2.07 bits per heavy atom. The number of hydrogen-bond donors (Lipinski definition) is 2. The predicted octanol–water partition coefficient (Wildman–Crippen LogP) is 3.56. The predicted molar refractivity (Wildman–Crippen MR) is 125 cm³/mol. The second kappa shape index (κ2) is 12.6. The molecule has 28 heavy (non-hydrogen) atoms. The van der Waals surface area contributed by atoms with Crippen LogP contribution in [0.15, 0.2) is 4.99 Å². The van der Waals surface area contributed by atoms with Crippen LogP contribution in [-0.4, -0.2) is 46.5 Å². The quantitative estimate of drug-likeness (QED) is 0.220. The van der Waals surface area contributed by atoms with Crippen LogP contribution in [0.2, 0.25) is 0 Å². The molecule has 162 valence electrons. The lowest BCUT2D eigenvalue weighted by atomic mass is 9.87. The van der Waals surface area contributed by atoms with Gasteiger partial charge >= 0.3 is 0 Å². The summed E-state index contributed by atoms with van der Waals surface area (Å²) in [6.45, 7) is 11.9. The van der Waals surface area contributed by atoms with Crippen molar-refractivity contribution in [1.29, 1.82) is 0 Å². The molecule has 0 saturated carbocycles. The van der Waals surface area contributed by atoms with Crippen molar-refractivity contribution < 1.29 is 4.74 Å². The lowest BCUT2D eigenvalue weighted by Crippen LogP contribution is -2.44. The molecule has 1 fully saturated rings. The summed E-state index contributed by atoms with van der Waals surface area (Å²) in [6, 6.07) is 0. The number of halogens is 1. The maximum absolute atomic E-state index is 5.73. The van der Waals surface area contributed by atoms with E-state index >= 15 is 0 Å². The van der Waals surface area contributed by atoms with E-state index in [1.165, 1.54) is 25.7 Å². The van der Waals surface area contributed by atoms with Crippen LogP contribution >= 0.6 is 24.0 Å². The highest BCUT2D eigenvalue weighted by atomic mass is 127. The van der Waals surface area contributed by atoms with Crippen LogP contribution in [-0.2, 0) is 18.3 Å². The van der Waals surface area contributed by atoms with Crippen molar-refractivity contribution in [1.82, 2.24) is 25.4 Å². The van der Waals surface area contributed by atoms with E-state index in [2.05, 4.69) is 41.6 Å². The van der Waals surface area contributed by atoms with E-state index in [9.17, 15) is 0 Å². The smallest absolute Gasteiger partial charge is 0.191 e. The van der Waals surface area contributed by atoms with E-state index in [0.29, 0.717) is 6.54 Å². The van der Waals surface area contributed by atoms with Crippen LogP contribution in [0.5, 0.6) is 0 Å². The van der Waals surface area contributed by atoms with Crippen molar-refractivity contribution in [2.45, 2.75) is 78.9 Å². The third kappa shape index (κ3) is 8.63. The Morgan fingerprint density at radius 1 is 1.29 bits per heavy atom. The SMILES string of the molecule is CCCCCC(C)(C)CNC(=NCc1nnc(C)n1C)NCC1CCCO1.I. The van der Waals surface area contributed by atoms with Gasteiger partial charge < -0.3 is 19.9 Å². The molecule has 0 spiro atoms. The molecule has 0 amide bonds. The van der Waals surface area contributed by atoms with Gasteiger partial charge in [0.05, 0.1) is 6.10 Å². The lowest BCUT2D eigenvalue weighted by molar-refractivity contribution is 0.113. The van der Waals surface area contributed by atoms with Gasteiger partial charge in [-0.05, 0) is 31.6 Å². The fourth-order valence-electron chi connectivity index (χ4n) is 3.19. The number of nitrogens with one attached hydrogen (secondary N) is 2. The van der Waals surface area contributed by atoms with Gasteiger partial charge in [-0.15, -0.1) is 34.2 Å². The molecule has 1 saturated heterocycles. The van der Waals surface area contributed by atoms with Gasteiger partial charge in [0.15, 0.2) is 11.8 Å². The normalized spacial score (nSPS) is 17.5. The number of ether oxygens (including phenoxy) is 1. The van der Waals surface area contributed by atoms with Gasteiger partial charge in [0, 0.05) is 26.7 Å². The zero-order chi connectivity index (χ0) is 19.7. The molecule has 1 unspecified atom stereocenters. The number of nitrogens with zero attached hydrogens (tertiary/aromatic N) is 4. The van der Waals surface area contributed by atoms with E-state index in [1.807, 2.05) is 18.5 Å². The van der Waals surface area contributed by atoms with Gasteiger partial charge in [0.1, 0.15) is 12.4 Å². The Hall–Kier alpha value is -0.900. The van der Waals surface area contributed by atoms with Gasteiger partial charge in [-0.3, -0.25) is 0 Å². The first-order valence-electron chi connectivity index (χ1n) is 10.4. The van der Waals surface area contributed by atoms with Gasteiger partial charge in [-0.2, -0.15) is 0 Å². The van der Waals surface area contributed by atoms with Crippen molar-refractivity contribution in [2.75, 3.05) is 19.7 Å². The summed E-state index contributed by atoms with van der Waals surface area (Å²) in [5.74, 6) is 2.60. The summed E-state index contributed by atoms with van der Waals surface area (Å²) in [5, 5.41) is 15.3. The third-order valence-electron chi connectivity index (χ3n) is 5.27. The first kappa shape index (κ1) is 25.1. The summed E-state index contributed by atoms with van der Waals surface area (Å²) < 4.78 is 7.71. The highest BCUT2D eigenvalue weighted by Crippen LogP contribution is 2.22. The van der Waals surface area contributed by atoms with E-state index in [-0.39, 0.29) is 35.5 Å². The van der Waals surface area contributed by atoms with Crippen molar-refractivity contribution in [2.24, 2.45) is 17.5 Å². The Labute approximate surface area is 187 Å². The molecule has 8 heteroatoms. The van der Waals surface area contributed by atoms with Gasteiger partial charge in [0.25, 0.3) is 0 Å². The fraction of sp³-hybridized carbons (Fsp3) is 0.850. The molecule has 0 aromatic carbocycles. The minimum atomic E-state index is 0. The van der Waals surface area contributed by atoms with Gasteiger partial charge in [-0.25, -0.2) is 4.99 Å². The molecule has 1 aromatic rings. The first-order chi connectivity index (χ1) is 12.9. The summed E-state index contributed by atoms with van der Waals surface area (Å²) in [4.78, 5) is 4.74. The molecule has 1 aliphatic heterocycles. The Morgan fingerprint density at radius 3 is 2.68 bits per heavy atom. The number of aliphatic imine (C=N–C) groups is 1. The Kier molecular flexibility index (Phi) is 11.3. The standard InChI is InChI=1S/C20H38N6O.HI/c1-6-7-8-11-20(3,4)15-23-19(21-13-17-10-9-12-27-17)22-14-18-25-24-16(2)26(18)5;/h17H,6-15H2,1-5H3,(H2,21,22,23);1H. The average Bonchev–Trinajstić information content (AvgIpc) is 3.26. The van der Waals surface area contributed by atoms with Crippen molar-refractivity contribution >= 4 is 29.9 Å². The van der Waals surface area contributed by atoms with E-state index < -0.39 is 0 Å². The molecular weight excluding hydrogens is 467 g/mol. The lowest BCUT2D eigenvalue weighted by Gasteiger charge is -2.26. The van der Waals surface area contributed by atoms with Crippen LogP contribution < -0.4 is 10.6 Å². The number of rotatable bonds is 10. The summed E-state index contributed by atoms with van der Waals surface area (Å²) >= 11 is 0. The van der Waals surface area contributed by atoms with Crippen LogP contribution in [0.25, 0.3) is 0 Å². The second-order valence-corrected chi connectivity index (χ2v) is 8.38. The van der Waals surface area contributed by atoms with Crippen LogP contribution in [0.4, 0.5) is 0 Å². The van der Waals surface area contributed by atoms with E-state index in [4.69, 9.17) is 9.73 Å². The van der Waals surface area contributed by atoms with Crippen molar-refractivity contribution in [3.05, 3.63) is 11.6 Å². The zero-order valence-corrected chi connectivity index (χ0v) is 20.6. The number of guanidine groups is 1. The fourth-order valence-corrected chi connectivity index (χ4v) is 3.19. The summed E-state index contributed by atoms with van der Waals surface area (Å²) in [5.41, 5.74) is 0.239. The minimum absolute atomic E-state index is 0. The number of hydrogen-bond acceptors (Lipinski definition) is 4. The van der Waals surface area contributed by atoms with E-state index in [0.717, 1.165) is 50.1 Å². The maximum Gasteiger partial charge on any atom is 0.191 e. The first-order valence-corrected chi connectivity index (χ1v) is 10.4. The Balaban J connectivity index is 0.00000392. The molecule has 0 aliphatic carbocycles. The average molecular weight is 506 g/mol. The zero-order valence-electron chi connectivity index (χ0n) is 18.3. The van der Waals surface area contributed by atoms with E-state index in [1.54, 1.807) is 0 Å². The van der Waals surface area contributed by atoms with Crippen LogP contribution in [0.1, 0.15) is 70.9 Å². The van der Waals surface area contributed by atoms with Gasteiger partial charge in [-0.1, -0.05) is 40.0 Å². The topological polar surface area (TPSA) is 76.4 Å². The van der Waals surface area contributed by atoms with Gasteiger partial charge in [0.2, 0.25) is 0 Å². The van der Waals surface area contributed by atoms with Crippen LogP contribution in [0, 0.1) is 12.3 Å². The molecule has 2 rings (SSSR count). The highest BCUT2D eigenvalue weighted by molar-refractivity contribution is 14.0. The summed E-state index contributed by atoms with van der Waals surface area (Å²) in [7, 11) is 1.98. The molecule has 0 radical (unpaired) electrons. The highest BCUT2D eigenvalue weighted by Gasteiger charge is 2.19. The monoisotopic (exact) mass is 506 g/mol. The second-order valence-electron chi connectivity index (χ2n) is 8.38. The molecule has 0 bridgehead atoms. The molecule has 2 N–H and O–H groups in total. The maximum atomic E-state index is 5.73. The van der Waals surface area contributed by atoms with Crippen molar-refractivity contribution in [3.63, 3.8) is 0 Å². The molecule has 1 aliphatic rings. The number of unbranched alkanes of at least 4 members (excludes halogenated alkanes) is 2. The number of aryl methyl sites for hydroxylation is 1. The Bertz CT molecular complexity index is 596. The molecule has 7 nitrogen and oxygen atoms in total. The number of aromatic nitrogens is 3. The molecular formula is C20H39IN6O. The molecule has 2 heterocycles. The molecule has 1 atom stereocenters. The van der Waals surface area contributed by atoms with Crippen LogP contribution in [0.3, 0.4) is 0 Å². The molecule has 1 aromatic heterocycles.